The fourth-order valence-corrected chi connectivity index (χ4v) is 2.78. The Bertz CT molecular complexity index is 852. The number of amides is 2. The Kier molecular flexibility index (Phi) is 3.34. The molecule has 0 bridgehead atoms. The van der Waals surface area contributed by atoms with Gasteiger partial charge in [0.05, 0.1) is 17.9 Å². The summed E-state index contributed by atoms with van der Waals surface area (Å²) in [6, 6.07) is 8.92. The fourth-order valence-electron chi connectivity index (χ4n) is 2.78. The van der Waals surface area contributed by atoms with Gasteiger partial charge in [0, 0.05) is 11.6 Å². The van der Waals surface area contributed by atoms with Gasteiger partial charge >= 0.3 is 0 Å². The number of nitrogens with zero attached hydrogens (tertiary/aromatic N) is 1. The normalized spacial score (nSPS) is 15.5. The zero-order valence-electron chi connectivity index (χ0n) is 12.5. The van der Waals surface area contributed by atoms with Crippen molar-refractivity contribution in [2.24, 2.45) is 0 Å². The number of benzene rings is 2. The summed E-state index contributed by atoms with van der Waals surface area (Å²) in [6.07, 6.45) is 0. The van der Waals surface area contributed by atoms with Crippen molar-refractivity contribution in [1.82, 2.24) is 0 Å². The summed E-state index contributed by atoms with van der Waals surface area (Å²) in [5.41, 5.74) is 1.38. The molecule has 24 heavy (non-hydrogen) atoms. The van der Waals surface area contributed by atoms with Crippen LogP contribution in [0.25, 0.3) is 0 Å². The zero-order chi connectivity index (χ0) is 16.7. The number of ether oxygens (including phenoxy) is 2. The van der Waals surface area contributed by atoms with E-state index >= 15 is 0 Å². The molecule has 7 heteroatoms. The van der Waals surface area contributed by atoms with E-state index in [1.165, 1.54) is 23.1 Å². The molecule has 1 N–H and O–H groups in total. The molecule has 2 aromatic rings. The van der Waals surface area contributed by atoms with Crippen molar-refractivity contribution in [1.29, 1.82) is 0 Å². The first-order chi connectivity index (χ1) is 11.6. The number of carbonyl (C=O) groups is 2. The molecule has 122 valence electrons. The summed E-state index contributed by atoms with van der Waals surface area (Å²) >= 11 is 0. The van der Waals surface area contributed by atoms with E-state index < -0.39 is 5.82 Å². The van der Waals surface area contributed by atoms with Gasteiger partial charge < -0.3 is 19.7 Å². The van der Waals surface area contributed by atoms with Crippen LogP contribution in [0.15, 0.2) is 36.4 Å². The maximum Gasteiger partial charge on any atom is 0.262 e. The van der Waals surface area contributed by atoms with Crippen LogP contribution in [0.1, 0.15) is 10.4 Å². The highest BCUT2D eigenvalue weighted by Crippen LogP contribution is 2.34. The Morgan fingerprint density at radius 3 is 2.88 bits per heavy atom. The number of hydrogen-bond acceptors (Lipinski definition) is 4. The molecule has 2 aromatic carbocycles. The number of rotatable bonds is 1. The fraction of sp³-hybridized carbons (Fsp3) is 0.176. The van der Waals surface area contributed by atoms with Gasteiger partial charge in [-0.1, -0.05) is 0 Å². The van der Waals surface area contributed by atoms with Crippen molar-refractivity contribution in [3.05, 3.63) is 47.8 Å². The topological polar surface area (TPSA) is 67.9 Å². The van der Waals surface area contributed by atoms with Gasteiger partial charge in [0.25, 0.3) is 11.8 Å². The lowest BCUT2D eigenvalue weighted by Gasteiger charge is -2.30. The second-order valence-corrected chi connectivity index (χ2v) is 5.47. The van der Waals surface area contributed by atoms with Crippen LogP contribution < -0.4 is 19.7 Å². The standard InChI is InChI=1S/C17H13FN2O4/c18-11-2-3-13-15(8-11)23-6-5-20(13)17(22)10-1-4-14-12(7-10)19-16(21)9-24-14/h1-4,7-8H,5-6,9H2,(H,19,21). The largest absolute Gasteiger partial charge is 0.489 e. The van der Waals surface area contributed by atoms with Gasteiger partial charge in [0.1, 0.15) is 23.9 Å². The summed E-state index contributed by atoms with van der Waals surface area (Å²) in [5.74, 6) is -0.0791. The van der Waals surface area contributed by atoms with E-state index in [4.69, 9.17) is 9.47 Å². The van der Waals surface area contributed by atoms with Crippen LogP contribution in [0.2, 0.25) is 0 Å². The smallest absolute Gasteiger partial charge is 0.262 e. The van der Waals surface area contributed by atoms with Crippen LogP contribution in [-0.2, 0) is 4.79 Å². The van der Waals surface area contributed by atoms with Gasteiger partial charge in [-0.3, -0.25) is 9.59 Å². The summed E-state index contributed by atoms with van der Waals surface area (Å²) in [6.45, 7) is 0.604. The second-order valence-electron chi connectivity index (χ2n) is 5.47. The first-order valence-corrected chi connectivity index (χ1v) is 7.43. The maximum atomic E-state index is 13.3. The molecule has 0 unspecified atom stereocenters. The monoisotopic (exact) mass is 328 g/mol. The predicted molar refractivity (Wildman–Crippen MR) is 84.1 cm³/mol. The Labute approximate surface area is 136 Å². The molecule has 0 aromatic heterocycles. The molecule has 4 rings (SSSR count). The average Bonchev–Trinajstić information content (AvgIpc) is 2.59. The van der Waals surface area contributed by atoms with Crippen LogP contribution in [0.5, 0.6) is 11.5 Å². The van der Waals surface area contributed by atoms with Crippen molar-refractivity contribution < 1.29 is 23.5 Å². The first-order valence-electron chi connectivity index (χ1n) is 7.43. The SMILES string of the molecule is O=C1COc2ccc(C(=O)N3CCOc4cc(F)ccc43)cc2N1. The van der Waals surface area contributed by atoms with Crippen molar-refractivity contribution in [3.8, 4) is 11.5 Å². The van der Waals surface area contributed by atoms with E-state index in [0.717, 1.165) is 0 Å². The zero-order valence-corrected chi connectivity index (χ0v) is 12.5. The van der Waals surface area contributed by atoms with E-state index in [1.54, 1.807) is 18.2 Å². The highest BCUT2D eigenvalue weighted by Gasteiger charge is 2.26. The molecule has 0 saturated heterocycles. The van der Waals surface area contributed by atoms with E-state index in [1.807, 2.05) is 0 Å². The predicted octanol–water partition coefficient (Wildman–Crippen LogP) is 2.20. The van der Waals surface area contributed by atoms with E-state index in [9.17, 15) is 14.0 Å². The third kappa shape index (κ3) is 2.44. The van der Waals surface area contributed by atoms with Gasteiger partial charge in [-0.25, -0.2) is 4.39 Å². The molecule has 0 saturated carbocycles. The molecule has 2 amide bonds. The van der Waals surface area contributed by atoms with Crippen molar-refractivity contribution in [3.63, 3.8) is 0 Å². The molecule has 6 nitrogen and oxygen atoms in total. The van der Waals surface area contributed by atoms with Gasteiger partial charge in [0.2, 0.25) is 0 Å². The third-order valence-corrected chi connectivity index (χ3v) is 3.89. The molecule has 0 atom stereocenters. The van der Waals surface area contributed by atoms with Gasteiger partial charge in [0.15, 0.2) is 6.61 Å². The lowest BCUT2D eigenvalue weighted by Crippen LogP contribution is -2.38. The number of hydrogen-bond donors (Lipinski definition) is 1. The maximum absolute atomic E-state index is 13.3. The Morgan fingerprint density at radius 1 is 1.12 bits per heavy atom. The minimum Gasteiger partial charge on any atom is -0.489 e. The summed E-state index contributed by atoms with van der Waals surface area (Å²) in [7, 11) is 0. The highest BCUT2D eigenvalue weighted by molar-refractivity contribution is 6.08. The molecule has 0 spiro atoms. The van der Waals surface area contributed by atoms with Gasteiger partial charge in [-0.2, -0.15) is 0 Å². The van der Waals surface area contributed by atoms with Crippen LogP contribution in [-0.4, -0.2) is 31.6 Å². The number of anilines is 2. The molecule has 0 fully saturated rings. The highest BCUT2D eigenvalue weighted by atomic mass is 19.1. The number of nitrogens with one attached hydrogen (secondary N) is 1. The van der Waals surface area contributed by atoms with Gasteiger partial charge in [-0.05, 0) is 30.3 Å². The second kappa shape index (κ2) is 5.52. The quantitative estimate of drug-likeness (QED) is 0.871. The minimum atomic E-state index is -0.420. The molecule has 0 radical (unpaired) electrons. The number of fused-ring (bicyclic) bond motifs is 2. The van der Waals surface area contributed by atoms with Crippen LogP contribution >= 0.6 is 0 Å². The van der Waals surface area contributed by atoms with Gasteiger partial charge in [-0.15, -0.1) is 0 Å². The van der Waals surface area contributed by atoms with Crippen molar-refractivity contribution in [2.75, 3.05) is 30.0 Å². The van der Waals surface area contributed by atoms with Crippen LogP contribution in [0.4, 0.5) is 15.8 Å². The molecule has 0 aliphatic carbocycles. The molecule has 2 aliphatic rings. The average molecular weight is 328 g/mol. The molecule has 2 heterocycles. The summed E-state index contributed by atoms with van der Waals surface area (Å²) < 4.78 is 24.0. The van der Waals surface area contributed by atoms with Crippen molar-refractivity contribution in [2.45, 2.75) is 0 Å². The number of carbonyl (C=O) groups excluding carboxylic acids is 2. The first kappa shape index (κ1) is 14.5. The minimum absolute atomic E-state index is 0.0390. The van der Waals surface area contributed by atoms with E-state index in [0.29, 0.717) is 35.0 Å². The lowest BCUT2D eigenvalue weighted by molar-refractivity contribution is -0.118. The summed E-state index contributed by atoms with van der Waals surface area (Å²) in [5, 5.41) is 2.68. The molecular weight excluding hydrogens is 315 g/mol. The molecule has 2 aliphatic heterocycles. The molecular formula is C17H13FN2O4. The van der Waals surface area contributed by atoms with Crippen LogP contribution in [0.3, 0.4) is 0 Å². The van der Waals surface area contributed by atoms with E-state index in [-0.39, 0.29) is 25.0 Å². The Morgan fingerprint density at radius 2 is 2.00 bits per heavy atom. The summed E-state index contributed by atoms with van der Waals surface area (Å²) in [4.78, 5) is 25.8. The van der Waals surface area contributed by atoms with Crippen LogP contribution in [0, 0.1) is 5.82 Å². The Hall–Kier alpha value is -3.09. The third-order valence-electron chi connectivity index (χ3n) is 3.89. The lowest BCUT2D eigenvalue weighted by atomic mass is 10.1. The number of halogens is 1. The van der Waals surface area contributed by atoms with E-state index in [2.05, 4.69) is 5.32 Å². The van der Waals surface area contributed by atoms with Crippen molar-refractivity contribution >= 4 is 23.2 Å². The Balaban J connectivity index is 1.68.